The highest BCUT2D eigenvalue weighted by Gasteiger charge is 2.30. The van der Waals surface area contributed by atoms with E-state index in [2.05, 4.69) is 4.98 Å². The summed E-state index contributed by atoms with van der Waals surface area (Å²) in [7, 11) is 0. The Kier molecular flexibility index (Phi) is 5.71. The number of benzene rings is 2. The monoisotopic (exact) mass is 446 g/mol. The lowest BCUT2D eigenvalue weighted by Crippen LogP contribution is -2.21. The van der Waals surface area contributed by atoms with E-state index in [1.807, 2.05) is 43.3 Å². The Hall–Kier alpha value is -2.58. The zero-order valence-corrected chi connectivity index (χ0v) is 17.6. The van der Waals surface area contributed by atoms with Crippen molar-refractivity contribution in [2.75, 3.05) is 0 Å². The van der Waals surface area contributed by atoms with Gasteiger partial charge in [0, 0.05) is 17.2 Å². The van der Waals surface area contributed by atoms with Gasteiger partial charge in [0.25, 0.3) is 5.56 Å². The maximum Gasteiger partial charge on any atom is 0.416 e. The third-order valence-corrected chi connectivity index (χ3v) is 6.80. The van der Waals surface area contributed by atoms with E-state index < -0.39 is 11.7 Å². The molecule has 4 aromatic rings. The van der Waals surface area contributed by atoms with Gasteiger partial charge in [-0.05, 0) is 30.2 Å². The number of halogens is 3. The molecule has 0 N–H and O–H groups in total. The van der Waals surface area contributed by atoms with Gasteiger partial charge in [-0.3, -0.25) is 9.36 Å². The second-order valence-electron chi connectivity index (χ2n) is 6.62. The third kappa shape index (κ3) is 4.15. The summed E-state index contributed by atoms with van der Waals surface area (Å²) in [6.45, 7) is 2.29. The Morgan fingerprint density at radius 2 is 1.83 bits per heavy atom. The van der Waals surface area contributed by atoms with Gasteiger partial charge in [0.2, 0.25) is 0 Å². The van der Waals surface area contributed by atoms with Crippen LogP contribution in [0.15, 0.2) is 70.6 Å². The number of fused-ring (bicyclic) bond motifs is 1. The molecule has 2 aromatic heterocycles. The van der Waals surface area contributed by atoms with Crippen molar-refractivity contribution in [2.45, 2.75) is 30.6 Å². The first-order valence-electron chi connectivity index (χ1n) is 9.25. The summed E-state index contributed by atoms with van der Waals surface area (Å²) >= 11 is 2.67. The van der Waals surface area contributed by atoms with Crippen molar-refractivity contribution in [2.24, 2.45) is 0 Å². The van der Waals surface area contributed by atoms with Crippen molar-refractivity contribution in [3.63, 3.8) is 0 Å². The van der Waals surface area contributed by atoms with Gasteiger partial charge in [-0.15, -0.1) is 11.3 Å². The molecule has 0 aliphatic rings. The highest BCUT2D eigenvalue weighted by Crippen LogP contribution is 2.33. The Morgan fingerprint density at radius 1 is 1.07 bits per heavy atom. The molecule has 0 radical (unpaired) electrons. The zero-order valence-electron chi connectivity index (χ0n) is 15.9. The number of alkyl halides is 3. The van der Waals surface area contributed by atoms with E-state index in [1.165, 1.54) is 29.2 Å². The largest absolute Gasteiger partial charge is 0.416 e. The molecule has 2 aromatic carbocycles. The smallest absolute Gasteiger partial charge is 0.287 e. The predicted molar refractivity (Wildman–Crippen MR) is 116 cm³/mol. The van der Waals surface area contributed by atoms with Crippen molar-refractivity contribution in [1.29, 1.82) is 0 Å². The molecular weight excluding hydrogens is 429 g/mol. The van der Waals surface area contributed by atoms with Gasteiger partial charge < -0.3 is 0 Å². The molecule has 0 saturated heterocycles. The normalized spacial score (nSPS) is 11.9. The minimum absolute atomic E-state index is 0.124. The van der Waals surface area contributed by atoms with E-state index in [1.54, 1.807) is 10.6 Å². The van der Waals surface area contributed by atoms with Gasteiger partial charge in [-0.2, -0.15) is 13.2 Å². The second kappa shape index (κ2) is 8.28. The summed E-state index contributed by atoms with van der Waals surface area (Å²) < 4.78 is 41.0. The summed E-state index contributed by atoms with van der Waals surface area (Å²) in [5, 5.41) is 0.504. The molecule has 8 heteroatoms. The molecule has 2 heterocycles. The highest BCUT2D eigenvalue weighted by atomic mass is 32.2. The highest BCUT2D eigenvalue weighted by molar-refractivity contribution is 7.98. The quantitative estimate of drug-likeness (QED) is 0.261. The summed E-state index contributed by atoms with van der Waals surface area (Å²) in [4.78, 5) is 18.6. The number of thioether (sulfide) groups is 1. The molecule has 0 aliphatic carbocycles. The van der Waals surface area contributed by atoms with Crippen LogP contribution in [0.1, 0.15) is 18.1 Å². The van der Waals surface area contributed by atoms with Crippen molar-refractivity contribution in [3.8, 4) is 10.4 Å². The van der Waals surface area contributed by atoms with Crippen molar-refractivity contribution >= 4 is 33.3 Å². The first-order chi connectivity index (χ1) is 14.4. The van der Waals surface area contributed by atoms with Crippen molar-refractivity contribution in [3.05, 3.63) is 82.1 Å². The van der Waals surface area contributed by atoms with Crippen LogP contribution in [0.25, 0.3) is 20.7 Å². The molecule has 0 aliphatic heterocycles. The van der Waals surface area contributed by atoms with Gasteiger partial charge in [0.1, 0.15) is 4.70 Å². The molecule has 30 heavy (non-hydrogen) atoms. The Balaban J connectivity index is 1.68. The number of nitrogens with zero attached hydrogens (tertiary/aromatic N) is 2. The molecule has 0 unspecified atom stereocenters. The van der Waals surface area contributed by atoms with Crippen molar-refractivity contribution < 1.29 is 13.2 Å². The lowest BCUT2D eigenvalue weighted by Gasteiger charge is -2.11. The molecule has 0 saturated carbocycles. The average molecular weight is 447 g/mol. The Morgan fingerprint density at radius 3 is 2.53 bits per heavy atom. The lowest BCUT2D eigenvalue weighted by atomic mass is 10.1. The maximum absolute atomic E-state index is 13.0. The van der Waals surface area contributed by atoms with Crippen LogP contribution >= 0.6 is 23.1 Å². The first kappa shape index (κ1) is 20.7. The number of thiophene rings is 1. The zero-order chi connectivity index (χ0) is 21.3. The minimum Gasteiger partial charge on any atom is -0.287 e. The van der Waals surface area contributed by atoms with Crippen LogP contribution in [0.2, 0.25) is 0 Å². The SMILES string of the molecule is CCn1c(SCc2cccc(C(F)(F)F)c2)nc2cc(-c3ccccc3)sc2c1=O. The van der Waals surface area contributed by atoms with Gasteiger partial charge in [0.15, 0.2) is 5.16 Å². The fourth-order valence-corrected chi connectivity index (χ4v) is 5.17. The fraction of sp³-hybridized carbons (Fsp3) is 0.182. The van der Waals surface area contributed by atoms with Crippen LogP contribution in [-0.2, 0) is 18.5 Å². The number of aromatic nitrogens is 2. The molecule has 154 valence electrons. The molecule has 3 nitrogen and oxygen atoms in total. The molecular formula is C22H17F3N2OS2. The number of hydrogen-bond acceptors (Lipinski definition) is 4. The summed E-state index contributed by atoms with van der Waals surface area (Å²) in [6.07, 6.45) is -4.38. The number of rotatable bonds is 5. The van der Waals surface area contributed by atoms with Gasteiger partial charge >= 0.3 is 6.18 Å². The molecule has 0 amide bonds. The summed E-state index contributed by atoms with van der Waals surface area (Å²) in [5.74, 6) is 0.289. The van der Waals surface area contributed by atoms with Crippen LogP contribution in [0.4, 0.5) is 13.2 Å². The van der Waals surface area contributed by atoms with E-state index in [0.717, 1.165) is 22.6 Å². The van der Waals surface area contributed by atoms with Crippen molar-refractivity contribution in [1.82, 2.24) is 9.55 Å². The third-order valence-electron chi connectivity index (χ3n) is 4.60. The fourth-order valence-electron chi connectivity index (χ4n) is 3.11. The molecule has 0 fully saturated rings. The van der Waals surface area contributed by atoms with E-state index in [4.69, 9.17) is 0 Å². The second-order valence-corrected chi connectivity index (χ2v) is 8.62. The predicted octanol–water partition coefficient (Wildman–Crippen LogP) is 6.46. The average Bonchev–Trinajstić information content (AvgIpc) is 3.17. The van der Waals surface area contributed by atoms with Crippen LogP contribution in [0.5, 0.6) is 0 Å². The minimum atomic E-state index is -4.38. The van der Waals surface area contributed by atoms with Crippen LogP contribution in [0, 0.1) is 0 Å². The van der Waals surface area contributed by atoms with Crippen LogP contribution in [0.3, 0.4) is 0 Å². The molecule has 0 spiro atoms. The Labute approximate surface area is 179 Å². The van der Waals surface area contributed by atoms with Gasteiger partial charge in [-0.1, -0.05) is 60.3 Å². The standard InChI is InChI=1S/C22H17F3N2OS2/c1-2-27-20(28)19-17(12-18(30-19)15-8-4-3-5-9-15)26-21(27)29-13-14-7-6-10-16(11-14)22(23,24)25/h3-12H,2,13H2,1H3. The first-order valence-corrected chi connectivity index (χ1v) is 11.1. The summed E-state index contributed by atoms with van der Waals surface area (Å²) in [6, 6.07) is 16.9. The van der Waals surface area contributed by atoms with E-state index in [-0.39, 0.29) is 11.3 Å². The molecule has 4 rings (SSSR count). The lowest BCUT2D eigenvalue weighted by molar-refractivity contribution is -0.137. The topological polar surface area (TPSA) is 34.9 Å². The van der Waals surface area contributed by atoms with E-state index in [0.29, 0.717) is 27.5 Å². The Bertz CT molecular complexity index is 1250. The van der Waals surface area contributed by atoms with E-state index >= 15 is 0 Å². The van der Waals surface area contributed by atoms with E-state index in [9.17, 15) is 18.0 Å². The summed E-state index contributed by atoms with van der Waals surface area (Å²) in [5.41, 5.74) is 1.35. The van der Waals surface area contributed by atoms with Crippen LogP contribution in [-0.4, -0.2) is 9.55 Å². The molecule has 0 atom stereocenters. The number of hydrogen-bond donors (Lipinski definition) is 0. The van der Waals surface area contributed by atoms with Crippen LogP contribution < -0.4 is 5.56 Å². The molecule has 0 bridgehead atoms. The van der Waals surface area contributed by atoms with Gasteiger partial charge in [-0.25, -0.2) is 4.98 Å². The van der Waals surface area contributed by atoms with Gasteiger partial charge in [0.05, 0.1) is 11.1 Å². The maximum atomic E-state index is 13.0.